The van der Waals surface area contributed by atoms with Crippen molar-refractivity contribution in [2.45, 2.75) is 20.0 Å². The Kier molecular flexibility index (Phi) is 8.49. The van der Waals surface area contributed by atoms with Crippen LogP contribution in [-0.4, -0.2) is 35.7 Å². The third-order valence-corrected chi connectivity index (χ3v) is 4.60. The maximum absolute atomic E-state index is 12.4. The lowest BCUT2D eigenvalue weighted by Gasteiger charge is -2.13. The molecule has 0 radical (unpaired) electrons. The highest BCUT2D eigenvalue weighted by atomic mass is 16.6. The van der Waals surface area contributed by atoms with Gasteiger partial charge in [0, 0.05) is 12.1 Å². The molecule has 180 valence electrons. The molecule has 0 aliphatic rings. The molecule has 0 unspecified atom stereocenters. The molecule has 1 N–H and O–H groups in total. The lowest BCUT2D eigenvalue weighted by Crippen LogP contribution is -2.33. The molecule has 0 heterocycles. The predicted molar refractivity (Wildman–Crippen MR) is 128 cm³/mol. The predicted octanol–water partition coefficient (Wildman–Crippen LogP) is 4.13. The Hall–Kier alpha value is -4.73. The molecule has 1 atom stereocenters. The SMILES string of the molecule is CCOc1cc(/C=N\NC(=O)[C@H](C)Oc2ccc([N+](=O)[O-])cc2)ccc1OC(=O)c1ccccc1. The monoisotopic (exact) mass is 477 g/mol. The second-order valence-electron chi connectivity index (χ2n) is 7.14. The number of hydrazone groups is 1. The number of non-ortho nitro benzene ring substituents is 1. The number of carbonyl (C=O) groups is 2. The van der Waals surface area contributed by atoms with E-state index in [1.807, 2.05) is 0 Å². The number of nitro groups is 1. The Morgan fingerprint density at radius 3 is 2.43 bits per heavy atom. The number of hydrogen-bond donors (Lipinski definition) is 1. The Morgan fingerprint density at radius 1 is 1.06 bits per heavy atom. The summed E-state index contributed by atoms with van der Waals surface area (Å²) in [4.78, 5) is 34.8. The smallest absolute Gasteiger partial charge is 0.343 e. The lowest BCUT2D eigenvalue weighted by atomic mass is 10.2. The first-order chi connectivity index (χ1) is 16.9. The first-order valence-electron chi connectivity index (χ1n) is 10.7. The van der Waals surface area contributed by atoms with Gasteiger partial charge in [-0.1, -0.05) is 18.2 Å². The van der Waals surface area contributed by atoms with E-state index in [0.29, 0.717) is 29.2 Å². The van der Waals surface area contributed by atoms with Crippen molar-refractivity contribution in [2.24, 2.45) is 5.10 Å². The third-order valence-electron chi connectivity index (χ3n) is 4.60. The standard InChI is InChI=1S/C25H23N3O7/c1-3-33-23-15-18(9-14-22(23)35-25(30)19-7-5-4-6-8-19)16-26-27-24(29)17(2)34-21-12-10-20(11-13-21)28(31)32/h4-17H,3H2,1-2H3,(H,27,29)/b26-16-/t17-/m0/s1. The van der Waals surface area contributed by atoms with E-state index in [2.05, 4.69) is 10.5 Å². The van der Waals surface area contributed by atoms with E-state index in [-0.39, 0.29) is 11.4 Å². The molecule has 0 bridgehead atoms. The minimum Gasteiger partial charge on any atom is -0.490 e. The van der Waals surface area contributed by atoms with Crippen molar-refractivity contribution in [3.05, 3.63) is 94.0 Å². The van der Waals surface area contributed by atoms with Crippen LogP contribution in [0.15, 0.2) is 77.9 Å². The highest BCUT2D eigenvalue weighted by Crippen LogP contribution is 2.29. The highest BCUT2D eigenvalue weighted by molar-refractivity contribution is 5.91. The summed E-state index contributed by atoms with van der Waals surface area (Å²) >= 11 is 0. The summed E-state index contributed by atoms with van der Waals surface area (Å²) in [5, 5.41) is 14.6. The Morgan fingerprint density at radius 2 is 1.77 bits per heavy atom. The largest absolute Gasteiger partial charge is 0.490 e. The zero-order valence-corrected chi connectivity index (χ0v) is 19.0. The second-order valence-corrected chi connectivity index (χ2v) is 7.14. The van der Waals surface area contributed by atoms with Gasteiger partial charge in [0.1, 0.15) is 5.75 Å². The van der Waals surface area contributed by atoms with Gasteiger partial charge >= 0.3 is 5.97 Å². The second kappa shape index (κ2) is 11.9. The van der Waals surface area contributed by atoms with E-state index in [1.54, 1.807) is 55.5 Å². The molecule has 0 aliphatic carbocycles. The van der Waals surface area contributed by atoms with E-state index in [9.17, 15) is 19.7 Å². The topological polar surface area (TPSA) is 129 Å². The van der Waals surface area contributed by atoms with Crippen molar-refractivity contribution in [1.82, 2.24) is 5.43 Å². The number of carbonyl (C=O) groups excluding carboxylic acids is 2. The molecule has 3 rings (SSSR count). The van der Waals surface area contributed by atoms with Crippen LogP contribution >= 0.6 is 0 Å². The summed E-state index contributed by atoms with van der Waals surface area (Å²) in [6.07, 6.45) is 0.509. The fourth-order valence-corrected chi connectivity index (χ4v) is 2.86. The maximum Gasteiger partial charge on any atom is 0.343 e. The molecule has 3 aromatic rings. The van der Waals surface area contributed by atoms with Gasteiger partial charge in [-0.05, 0) is 61.9 Å². The van der Waals surface area contributed by atoms with Crippen LogP contribution in [0.5, 0.6) is 17.2 Å². The molecule has 35 heavy (non-hydrogen) atoms. The Bertz CT molecular complexity index is 1210. The van der Waals surface area contributed by atoms with Crippen LogP contribution in [0.2, 0.25) is 0 Å². The Labute approximate surface area is 201 Å². The molecule has 0 saturated heterocycles. The number of nitrogens with one attached hydrogen (secondary N) is 1. The summed E-state index contributed by atoms with van der Waals surface area (Å²) in [5.74, 6) is -0.113. The lowest BCUT2D eigenvalue weighted by molar-refractivity contribution is -0.384. The highest BCUT2D eigenvalue weighted by Gasteiger charge is 2.15. The summed E-state index contributed by atoms with van der Waals surface area (Å²) in [6.45, 7) is 3.68. The summed E-state index contributed by atoms with van der Waals surface area (Å²) in [7, 11) is 0. The fraction of sp³-hybridized carbons (Fsp3) is 0.160. The van der Waals surface area contributed by atoms with Crippen LogP contribution in [0.4, 0.5) is 5.69 Å². The van der Waals surface area contributed by atoms with Crippen LogP contribution in [0.3, 0.4) is 0 Å². The van der Waals surface area contributed by atoms with Gasteiger partial charge in [-0.25, -0.2) is 10.2 Å². The number of nitro benzene ring substituents is 1. The van der Waals surface area contributed by atoms with Gasteiger partial charge < -0.3 is 14.2 Å². The van der Waals surface area contributed by atoms with Crippen LogP contribution < -0.4 is 19.6 Å². The van der Waals surface area contributed by atoms with Gasteiger partial charge in [-0.3, -0.25) is 14.9 Å². The average molecular weight is 477 g/mol. The number of esters is 1. The molecule has 10 nitrogen and oxygen atoms in total. The van der Waals surface area contributed by atoms with Crippen LogP contribution in [-0.2, 0) is 4.79 Å². The van der Waals surface area contributed by atoms with Gasteiger partial charge in [-0.15, -0.1) is 0 Å². The average Bonchev–Trinajstić information content (AvgIpc) is 2.86. The number of hydrogen-bond acceptors (Lipinski definition) is 8. The molecule has 0 spiro atoms. The number of amides is 1. The van der Waals surface area contributed by atoms with Crippen LogP contribution in [0, 0.1) is 10.1 Å². The van der Waals surface area contributed by atoms with Crippen molar-refractivity contribution in [2.75, 3.05) is 6.61 Å². The molecule has 0 fully saturated rings. The third kappa shape index (κ3) is 7.13. The Balaban J connectivity index is 1.60. The zero-order valence-electron chi connectivity index (χ0n) is 19.0. The molecular formula is C25H23N3O7. The van der Waals surface area contributed by atoms with Gasteiger partial charge in [0.25, 0.3) is 11.6 Å². The van der Waals surface area contributed by atoms with E-state index < -0.39 is 22.9 Å². The van der Waals surface area contributed by atoms with Crippen molar-refractivity contribution in [3.63, 3.8) is 0 Å². The van der Waals surface area contributed by atoms with Gasteiger partial charge in [0.2, 0.25) is 0 Å². The van der Waals surface area contributed by atoms with Crippen molar-refractivity contribution in [3.8, 4) is 17.2 Å². The normalized spacial score (nSPS) is 11.5. The molecule has 0 saturated carbocycles. The molecule has 3 aromatic carbocycles. The maximum atomic E-state index is 12.4. The van der Waals surface area contributed by atoms with Crippen molar-refractivity contribution < 1.29 is 28.7 Å². The zero-order chi connectivity index (χ0) is 25.2. The number of ether oxygens (including phenoxy) is 3. The number of nitrogens with zero attached hydrogens (tertiary/aromatic N) is 2. The molecular weight excluding hydrogens is 454 g/mol. The summed E-state index contributed by atoms with van der Waals surface area (Å²) < 4.78 is 16.5. The first-order valence-corrected chi connectivity index (χ1v) is 10.7. The molecule has 10 heteroatoms. The van der Waals surface area contributed by atoms with Gasteiger partial charge in [0.05, 0.1) is 23.3 Å². The van der Waals surface area contributed by atoms with Gasteiger partial charge in [-0.2, -0.15) is 5.10 Å². The summed E-state index contributed by atoms with van der Waals surface area (Å²) in [5.41, 5.74) is 3.30. The molecule has 0 aromatic heterocycles. The van der Waals surface area contributed by atoms with Crippen LogP contribution in [0.25, 0.3) is 0 Å². The quantitative estimate of drug-likeness (QED) is 0.153. The van der Waals surface area contributed by atoms with Gasteiger partial charge in [0.15, 0.2) is 17.6 Å². The minimum absolute atomic E-state index is 0.0775. The van der Waals surface area contributed by atoms with Crippen molar-refractivity contribution in [1.29, 1.82) is 0 Å². The van der Waals surface area contributed by atoms with E-state index in [0.717, 1.165) is 0 Å². The van der Waals surface area contributed by atoms with E-state index in [4.69, 9.17) is 14.2 Å². The number of rotatable bonds is 10. The van der Waals surface area contributed by atoms with E-state index >= 15 is 0 Å². The van der Waals surface area contributed by atoms with Crippen molar-refractivity contribution >= 4 is 23.8 Å². The fourth-order valence-electron chi connectivity index (χ4n) is 2.86. The first kappa shape index (κ1) is 24.9. The summed E-state index contributed by atoms with van der Waals surface area (Å²) in [6, 6.07) is 18.8. The number of benzene rings is 3. The minimum atomic E-state index is -0.896. The molecule has 1 amide bonds. The van der Waals surface area contributed by atoms with Crippen LogP contribution in [0.1, 0.15) is 29.8 Å². The van der Waals surface area contributed by atoms with E-state index in [1.165, 1.54) is 37.4 Å². The molecule has 0 aliphatic heterocycles.